The second-order valence-corrected chi connectivity index (χ2v) is 5.71. The van der Waals surface area contributed by atoms with Crippen molar-refractivity contribution in [2.75, 3.05) is 20.1 Å². The van der Waals surface area contributed by atoms with Crippen LogP contribution in [0.3, 0.4) is 0 Å². The third-order valence-electron chi connectivity index (χ3n) is 4.23. The van der Waals surface area contributed by atoms with Gasteiger partial charge in [0.15, 0.2) is 0 Å². The molecule has 0 aromatic heterocycles. The van der Waals surface area contributed by atoms with Crippen molar-refractivity contribution in [2.24, 2.45) is 0 Å². The summed E-state index contributed by atoms with van der Waals surface area (Å²) in [6.45, 7) is 3.91. The van der Waals surface area contributed by atoms with Gasteiger partial charge in [-0.05, 0) is 51.1 Å². The van der Waals surface area contributed by atoms with Crippen molar-refractivity contribution in [1.82, 2.24) is 10.2 Å². The number of nitriles is 1. The summed E-state index contributed by atoms with van der Waals surface area (Å²) in [4.78, 5) is 2.37. The van der Waals surface area contributed by atoms with Crippen LogP contribution in [0.5, 0.6) is 0 Å². The first-order valence-corrected chi connectivity index (χ1v) is 7.22. The van der Waals surface area contributed by atoms with Crippen LogP contribution in [0.25, 0.3) is 0 Å². The predicted molar refractivity (Wildman–Crippen MR) is 79.2 cm³/mol. The van der Waals surface area contributed by atoms with Gasteiger partial charge >= 0.3 is 0 Å². The van der Waals surface area contributed by atoms with Gasteiger partial charge in [0, 0.05) is 18.6 Å². The SMILES string of the molecule is CC1CC(NCC(O)c2ccc(C#N)cc2)CCN1C. The first-order chi connectivity index (χ1) is 9.60. The van der Waals surface area contributed by atoms with Gasteiger partial charge in [-0.1, -0.05) is 12.1 Å². The van der Waals surface area contributed by atoms with Crippen molar-refractivity contribution in [3.63, 3.8) is 0 Å². The fourth-order valence-electron chi connectivity index (χ4n) is 2.65. The maximum Gasteiger partial charge on any atom is 0.0991 e. The molecule has 1 aromatic carbocycles. The zero-order chi connectivity index (χ0) is 14.5. The van der Waals surface area contributed by atoms with Gasteiger partial charge in [-0.25, -0.2) is 0 Å². The van der Waals surface area contributed by atoms with E-state index in [4.69, 9.17) is 5.26 Å². The van der Waals surface area contributed by atoms with Crippen molar-refractivity contribution >= 4 is 0 Å². The highest BCUT2D eigenvalue weighted by Crippen LogP contribution is 2.17. The summed E-state index contributed by atoms with van der Waals surface area (Å²) in [7, 11) is 2.16. The Balaban J connectivity index is 1.82. The molecule has 1 aliphatic heterocycles. The van der Waals surface area contributed by atoms with Gasteiger partial charge in [0.2, 0.25) is 0 Å². The number of likely N-dealkylation sites (tertiary alicyclic amines) is 1. The first-order valence-electron chi connectivity index (χ1n) is 7.22. The Morgan fingerprint density at radius 3 is 2.75 bits per heavy atom. The van der Waals surface area contributed by atoms with E-state index >= 15 is 0 Å². The molecule has 1 heterocycles. The highest BCUT2D eigenvalue weighted by Gasteiger charge is 2.22. The summed E-state index contributed by atoms with van der Waals surface area (Å²) in [5.41, 5.74) is 1.48. The van der Waals surface area contributed by atoms with Crippen LogP contribution >= 0.6 is 0 Å². The lowest BCUT2D eigenvalue weighted by molar-refractivity contribution is 0.139. The molecule has 1 aliphatic rings. The normalized spacial score (nSPS) is 25.1. The van der Waals surface area contributed by atoms with E-state index in [0.29, 0.717) is 24.2 Å². The first kappa shape index (κ1) is 15.0. The van der Waals surface area contributed by atoms with Gasteiger partial charge < -0.3 is 15.3 Å². The summed E-state index contributed by atoms with van der Waals surface area (Å²) in [5.74, 6) is 0. The van der Waals surface area contributed by atoms with E-state index in [2.05, 4.69) is 30.3 Å². The second kappa shape index (κ2) is 6.85. The lowest BCUT2D eigenvalue weighted by Crippen LogP contribution is -2.46. The van der Waals surface area contributed by atoms with E-state index in [1.807, 2.05) is 12.1 Å². The van der Waals surface area contributed by atoms with Crippen LogP contribution in [0.2, 0.25) is 0 Å². The van der Waals surface area contributed by atoms with Crippen molar-refractivity contribution in [3.8, 4) is 6.07 Å². The quantitative estimate of drug-likeness (QED) is 0.876. The standard InChI is InChI=1S/C16H23N3O/c1-12-9-15(7-8-19(12)2)18-11-16(20)14-5-3-13(10-17)4-6-14/h3-6,12,15-16,18,20H,7-9,11H2,1-2H3. The average molecular weight is 273 g/mol. The minimum Gasteiger partial charge on any atom is -0.387 e. The average Bonchev–Trinajstić information content (AvgIpc) is 2.48. The number of hydrogen-bond acceptors (Lipinski definition) is 4. The number of aliphatic hydroxyl groups excluding tert-OH is 1. The molecule has 4 heteroatoms. The van der Waals surface area contributed by atoms with Crippen LogP contribution in [0, 0.1) is 11.3 Å². The van der Waals surface area contributed by atoms with Gasteiger partial charge in [-0.3, -0.25) is 0 Å². The Hall–Kier alpha value is -1.41. The number of rotatable bonds is 4. The summed E-state index contributed by atoms with van der Waals surface area (Å²) in [6.07, 6.45) is 1.73. The highest BCUT2D eigenvalue weighted by molar-refractivity contribution is 5.32. The molecule has 3 unspecified atom stereocenters. The van der Waals surface area contributed by atoms with Crippen molar-refractivity contribution in [2.45, 2.75) is 38.0 Å². The smallest absolute Gasteiger partial charge is 0.0991 e. The van der Waals surface area contributed by atoms with Crippen LogP contribution < -0.4 is 5.32 Å². The molecule has 1 aromatic rings. The molecule has 0 amide bonds. The molecule has 3 atom stereocenters. The molecule has 1 saturated heterocycles. The Kier molecular flexibility index (Phi) is 5.13. The monoisotopic (exact) mass is 273 g/mol. The zero-order valence-corrected chi connectivity index (χ0v) is 12.2. The van der Waals surface area contributed by atoms with Gasteiger partial charge in [0.25, 0.3) is 0 Å². The molecule has 20 heavy (non-hydrogen) atoms. The Bertz CT molecular complexity index is 466. The van der Waals surface area contributed by atoms with Gasteiger partial charge in [0.1, 0.15) is 0 Å². The zero-order valence-electron chi connectivity index (χ0n) is 12.2. The van der Waals surface area contributed by atoms with Gasteiger partial charge in [-0.15, -0.1) is 0 Å². The third-order valence-corrected chi connectivity index (χ3v) is 4.23. The number of aliphatic hydroxyl groups is 1. The summed E-state index contributed by atoms with van der Waals surface area (Å²) in [6, 6.07) is 10.3. The predicted octanol–water partition coefficient (Wildman–Crippen LogP) is 1.66. The fraction of sp³-hybridized carbons (Fsp3) is 0.562. The van der Waals surface area contributed by atoms with E-state index in [-0.39, 0.29) is 0 Å². The van der Waals surface area contributed by atoms with Crippen molar-refractivity contribution < 1.29 is 5.11 Å². The summed E-state index contributed by atoms with van der Waals surface area (Å²) >= 11 is 0. The van der Waals surface area contributed by atoms with Crippen LogP contribution in [-0.2, 0) is 0 Å². The van der Waals surface area contributed by atoms with Gasteiger partial charge in [0.05, 0.1) is 17.7 Å². The molecule has 0 radical (unpaired) electrons. The molecule has 0 saturated carbocycles. The Labute approximate surface area is 121 Å². The van der Waals surface area contributed by atoms with E-state index < -0.39 is 6.10 Å². The molecule has 1 fully saturated rings. The van der Waals surface area contributed by atoms with E-state index in [1.54, 1.807) is 12.1 Å². The number of hydrogen-bond donors (Lipinski definition) is 2. The minimum absolute atomic E-state index is 0.481. The number of nitrogens with zero attached hydrogens (tertiary/aromatic N) is 2. The lowest BCUT2D eigenvalue weighted by Gasteiger charge is -2.35. The molecule has 0 aliphatic carbocycles. The number of benzene rings is 1. The molecular weight excluding hydrogens is 250 g/mol. The maximum absolute atomic E-state index is 10.2. The van der Waals surface area contributed by atoms with Crippen molar-refractivity contribution in [3.05, 3.63) is 35.4 Å². The molecular formula is C16H23N3O. The molecule has 2 N–H and O–H groups in total. The maximum atomic E-state index is 10.2. The number of piperidine rings is 1. The summed E-state index contributed by atoms with van der Waals surface area (Å²) in [5, 5.41) is 22.4. The lowest BCUT2D eigenvalue weighted by atomic mass is 9.98. The summed E-state index contributed by atoms with van der Waals surface area (Å²) < 4.78 is 0. The van der Waals surface area contributed by atoms with E-state index in [0.717, 1.165) is 24.9 Å². The van der Waals surface area contributed by atoms with Crippen LogP contribution in [0.4, 0.5) is 0 Å². The van der Waals surface area contributed by atoms with Crippen LogP contribution in [-0.4, -0.2) is 42.2 Å². The molecule has 2 rings (SSSR count). The molecule has 0 bridgehead atoms. The largest absolute Gasteiger partial charge is 0.387 e. The van der Waals surface area contributed by atoms with Crippen LogP contribution in [0.15, 0.2) is 24.3 Å². The van der Waals surface area contributed by atoms with Gasteiger partial charge in [-0.2, -0.15) is 5.26 Å². The third kappa shape index (κ3) is 3.80. The van der Waals surface area contributed by atoms with E-state index in [1.165, 1.54) is 0 Å². The fourth-order valence-corrected chi connectivity index (χ4v) is 2.65. The van der Waals surface area contributed by atoms with Crippen molar-refractivity contribution in [1.29, 1.82) is 5.26 Å². The molecule has 0 spiro atoms. The van der Waals surface area contributed by atoms with E-state index in [9.17, 15) is 5.11 Å². The molecule has 4 nitrogen and oxygen atoms in total. The topological polar surface area (TPSA) is 59.3 Å². The second-order valence-electron chi connectivity index (χ2n) is 5.71. The molecule has 108 valence electrons. The number of nitrogens with one attached hydrogen (secondary N) is 1. The Morgan fingerprint density at radius 2 is 2.15 bits per heavy atom. The minimum atomic E-state index is -0.516. The highest BCUT2D eigenvalue weighted by atomic mass is 16.3. The Morgan fingerprint density at radius 1 is 1.45 bits per heavy atom. The van der Waals surface area contributed by atoms with Crippen LogP contribution in [0.1, 0.15) is 37.0 Å².